The summed E-state index contributed by atoms with van der Waals surface area (Å²) in [5.74, 6) is -1.54. The predicted molar refractivity (Wildman–Crippen MR) is 98.2 cm³/mol. The number of alkyl halides is 1. The number of carbonyl (C=O) groups excluding carboxylic acids is 1. The number of nitrogens with one attached hydrogen (secondary N) is 1. The van der Waals surface area contributed by atoms with E-state index in [2.05, 4.69) is 10.3 Å². The van der Waals surface area contributed by atoms with Gasteiger partial charge in [0.1, 0.15) is 12.0 Å². The van der Waals surface area contributed by atoms with Gasteiger partial charge >= 0.3 is 0 Å². The maximum atomic E-state index is 13.6. The molecule has 0 aromatic heterocycles. The zero-order chi connectivity index (χ0) is 18.7. The number of nitrogen functional groups attached to an aromatic ring is 1. The standard InChI is InChI=1S/C19H20F2N4O/c20-14-7-13(8-24-10-14)11-1-4-15(5-2-11)25-9-12-3-6-16(21)17(18(12)22)19(23)26/h1-6,9,13-14,24H,7-8,10,22H2,(H2,23,26). The summed E-state index contributed by atoms with van der Waals surface area (Å²) in [6.07, 6.45) is 1.14. The molecule has 1 heterocycles. The topological polar surface area (TPSA) is 93.5 Å². The van der Waals surface area contributed by atoms with Crippen molar-refractivity contribution >= 4 is 23.5 Å². The first kappa shape index (κ1) is 18.0. The first-order valence-corrected chi connectivity index (χ1v) is 8.32. The van der Waals surface area contributed by atoms with E-state index in [-0.39, 0.29) is 17.2 Å². The molecular formula is C19H20F2N4O. The molecule has 5 N–H and O–H groups in total. The van der Waals surface area contributed by atoms with Crippen LogP contribution in [-0.2, 0) is 0 Å². The fraction of sp³-hybridized carbons (Fsp3) is 0.263. The Morgan fingerprint density at radius 3 is 2.58 bits per heavy atom. The molecule has 26 heavy (non-hydrogen) atoms. The molecule has 1 saturated heterocycles. The number of halogens is 2. The molecule has 1 aliphatic rings. The van der Waals surface area contributed by atoms with E-state index in [0.717, 1.165) is 18.2 Å². The molecule has 136 valence electrons. The molecule has 2 aromatic rings. The molecule has 2 aromatic carbocycles. The Balaban J connectivity index is 1.77. The lowest BCUT2D eigenvalue weighted by Crippen LogP contribution is -2.36. The van der Waals surface area contributed by atoms with Crippen LogP contribution >= 0.6 is 0 Å². The Bertz CT molecular complexity index is 836. The van der Waals surface area contributed by atoms with Gasteiger partial charge in [-0.25, -0.2) is 8.78 Å². The number of hydrogen-bond donors (Lipinski definition) is 3. The molecule has 2 atom stereocenters. The SMILES string of the molecule is NC(=O)c1c(F)ccc(C=Nc2ccc(C3CNCC(F)C3)cc2)c1N. The number of anilines is 1. The smallest absolute Gasteiger partial charge is 0.253 e. The molecule has 3 rings (SSSR count). The maximum absolute atomic E-state index is 13.6. The van der Waals surface area contributed by atoms with E-state index in [1.165, 1.54) is 12.3 Å². The summed E-state index contributed by atoms with van der Waals surface area (Å²) in [5.41, 5.74) is 12.7. The summed E-state index contributed by atoms with van der Waals surface area (Å²) < 4.78 is 27.1. The minimum atomic E-state index is -0.924. The number of nitrogens with zero attached hydrogens (tertiary/aromatic N) is 1. The van der Waals surface area contributed by atoms with Crippen molar-refractivity contribution in [1.29, 1.82) is 0 Å². The van der Waals surface area contributed by atoms with E-state index in [4.69, 9.17) is 11.5 Å². The van der Waals surface area contributed by atoms with Crippen LogP contribution in [0.2, 0.25) is 0 Å². The maximum Gasteiger partial charge on any atom is 0.253 e. The summed E-state index contributed by atoms with van der Waals surface area (Å²) in [6, 6.07) is 10.0. The quantitative estimate of drug-likeness (QED) is 0.579. The van der Waals surface area contributed by atoms with Crippen LogP contribution in [0.25, 0.3) is 0 Å². The summed E-state index contributed by atoms with van der Waals surface area (Å²) in [5, 5.41) is 3.08. The van der Waals surface area contributed by atoms with Gasteiger partial charge in [0, 0.05) is 24.9 Å². The molecule has 0 spiro atoms. The molecule has 0 saturated carbocycles. The van der Waals surface area contributed by atoms with Crippen molar-refractivity contribution in [2.24, 2.45) is 10.7 Å². The number of nitrogens with two attached hydrogens (primary N) is 2. The zero-order valence-corrected chi connectivity index (χ0v) is 14.1. The Labute approximate surface area is 150 Å². The van der Waals surface area contributed by atoms with E-state index >= 15 is 0 Å². The minimum Gasteiger partial charge on any atom is -0.397 e. The summed E-state index contributed by atoms with van der Waals surface area (Å²) >= 11 is 0. The third kappa shape index (κ3) is 3.88. The van der Waals surface area contributed by atoms with Crippen LogP contribution in [0.15, 0.2) is 41.4 Å². The lowest BCUT2D eigenvalue weighted by atomic mass is 9.91. The molecule has 0 aliphatic carbocycles. The number of primary amides is 1. The molecule has 1 aliphatic heterocycles. The highest BCUT2D eigenvalue weighted by molar-refractivity contribution is 6.03. The number of aliphatic imine (C=N–C) groups is 1. The van der Waals surface area contributed by atoms with Gasteiger partial charge in [-0.15, -0.1) is 0 Å². The van der Waals surface area contributed by atoms with Gasteiger partial charge < -0.3 is 16.8 Å². The van der Waals surface area contributed by atoms with Crippen molar-refractivity contribution in [3.63, 3.8) is 0 Å². The van der Waals surface area contributed by atoms with Crippen LogP contribution in [0.3, 0.4) is 0 Å². The number of carbonyl (C=O) groups is 1. The lowest BCUT2D eigenvalue weighted by Gasteiger charge is -2.25. The minimum absolute atomic E-state index is 0.0415. The van der Waals surface area contributed by atoms with Crippen LogP contribution in [0.1, 0.15) is 33.8 Å². The zero-order valence-electron chi connectivity index (χ0n) is 14.1. The van der Waals surface area contributed by atoms with Gasteiger partial charge in [0.2, 0.25) is 0 Å². The van der Waals surface area contributed by atoms with Crippen molar-refractivity contribution in [3.05, 3.63) is 58.9 Å². The molecule has 2 unspecified atom stereocenters. The molecular weight excluding hydrogens is 338 g/mol. The van der Waals surface area contributed by atoms with Crippen LogP contribution in [0, 0.1) is 5.82 Å². The van der Waals surface area contributed by atoms with Crippen LogP contribution in [0.5, 0.6) is 0 Å². The number of rotatable bonds is 4. The molecule has 0 bridgehead atoms. The van der Waals surface area contributed by atoms with Gasteiger partial charge in [-0.05, 0) is 42.2 Å². The summed E-state index contributed by atoms with van der Waals surface area (Å²) in [4.78, 5) is 15.6. The van der Waals surface area contributed by atoms with Crippen LogP contribution in [-0.4, -0.2) is 31.4 Å². The van der Waals surface area contributed by atoms with E-state index in [9.17, 15) is 13.6 Å². The Morgan fingerprint density at radius 1 is 1.19 bits per heavy atom. The van der Waals surface area contributed by atoms with Crippen molar-refractivity contribution in [2.75, 3.05) is 18.8 Å². The molecule has 1 amide bonds. The normalized spacial score (nSPS) is 20.4. The average molecular weight is 358 g/mol. The fourth-order valence-electron chi connectivity index (χ4n) is 3.09. The van der Waals surface area contributed by atoms with Gasteiger partial charge in [-0.2, -0.15) is 0 Å². The Kier molecular flexibility index (Phi) is 5.27. The highest BCUT2D eigenvalue weighted by atomic mass is 19.1. The highest BCUT2D eigenvalue weighted by Crippen LogP contribution is 2.27. The van der Waals surface area contributed by atoms with Crippen molar-refractivity contribution in [2.45, 2.75) is 18.5 Å². The number of amides is 1. The van der Waals surface area contributed by atoms with Crippen molar-refractivity contribution in [1.82, 2.24) is 5.32 Å². The fourth-order valence-corrected chi connectivity index (χ4v) is 3.09. The van der Waals surface area contributed by atoms with Crippen molar-refractivity contribution < 1.29 is 13.6 Å². The Morgan fingerprint density at radius 2 is 1.92 bits per heavy atom. The highest BCUT2D eigenvalue weighted by Gasteiger charge is 2.22. The van der Waals surface area contributed by atoms with E-state index in [1.54, 1.807) is 0 Å². The molecule has 7 heteroatoms. The number of hydrogen-bond acceptors (Lipinski definition) is 4. The third-order valence-electron chi connectivity index (χ3n) is 4.49. The second-order valence-electron chi connectivity index (χ2n) is 6.33. The van der Waals surface area contributed by atoms with E-state index in [1.807, 2.05) is 24.3 Å². The van der Waals surface area contributed by atoms with Gasteiger partial charge in [-0.1, -0.05) is 12.1 Å². The van der Waals surface area contributed by atoms with E-state index in [0.29, 0.717) is 24.2 Å². The number of piperidine rings is 1. The first-order valence-electron chi connectivity index (χ1n) is 8.32. The van der Waals surface area contributed by atoms with E-state index < -0.39 is 17.9 Å². The van der Waals surface area contributed by atoms with Gasteiger partial charge in [0.25, 0.3) is 5.91 Å². The molecule has 0 radical (unpaired) electrons. The van der Waals surface area contributed by atoms with Gasteiger partial charge in [0.05, 0.1) is 16.9 Å². The largest absolute Gasteiger partial charge is 0.397 e. The summed E-state index contributed by atoms with van der Waals surface area (Å²) in [7, 11) is 0. The second kappa shape index (κ2) is 7.61. The lowest BCUT2D eigenvalue weighted by molar-refractivity contribution is 0.0997. The average Bonchev–Trinajstić information content (AvgIpc) is 2.61. The first-order chi connectivity index (χ1) is 12.5. The third-order valence-corrected chi connectivity index (χ3v) is 4.49. The predicted octanol–water partition coefficient (Wildman–Crippen LogP) is 2.67. The molecule has 1 fully saturated rings. The summed E-state index contributed by atoms with van der Waals surface area (Å²) in [6.45, 7) is 1.16. The van der Waals surface area contributed by atoms with Crippen molar-refractivity contribution in [3.8, 4) is 0 Å². The van der Waals surface area contributed by atoms with Crippen LogP contribution in [0.4, 0.5) is 20.2 Å². The monoisotopic (exact) mass is 358 g/mol. The van der Waals surface area contributed by atoms with Gasteiger partial charge in [0.15, 0.2) is 0 Å². The Hall–Kier alpha value is -2.80. The van der Waals surface area contributed by atoms with Crippen LogP contribution < -0.4 is 16.8 Å². The molecule has 5 nitrogen and oxygen atoms in total. The van der Waals surface area contributed by atoms with Gasteiger partial charge in [-0.3, -0.25) is 9.79 Å². The second-order valence-corrected chi connectivity index (χ2v) is 6.33. The number of benzene rings is 2.